The molecule has 44 heavy (non-hydrogen) atoms. The fourth-order valence-electron chi connectivity index (χ4n) is 5.42. The molecule has 2 saturated heterocycles. The number of nitrogens with one attached hydrogen (secondary N) is 2. The van der Waals surface area contributed by atoms with Gasteiger partial charge in [0.25, 0.3) is 5.91 Å². The number of hydrogen-bond donors (Lipinski definition) is 2. The smallest absolute Gasteiger partial charge is 0.372 e. The van der Waals surface area contributed by atoms with E-state index in [0.29, 0.717) is 56.1 Å². The molecule has 0 bridgehead atoms. The van der Waals surface area contributed by atoms with Crippen LogP contribution in [0.5, 0.6) is 0 Å². The number of piperazine rings is 1. The molecule has 0 radical (unpaired) electrons. The molecule has 3 heterocycles. The van der Waals surface area contributed by atoms with Gasteiger partial charge in [0, 0.05) is 68.5 Å². The van der Waals surface area contributed by atoms with Crippen LogP contribution < -0.4 is 20.4 Å². The van der Waals surface area contributed by atoms with Gasteiger partial charge in [0.1, 0.15) is 5.82 Å². The number of nitrogens with zero attached hydrogens (tertiary/aromatic N) is 5. The van der Waals surface area contributed by atoms with Gasteiger partial charge < -0.3 is 30.1 Å². The van der Waals surface area contributed by atoms with Crippen molar-refractivity contribution in [1.82, 2.24) is 20.2 Å². The molecule has 3 unspecified atom stereocenters. The highest BCUT2D eigenvalue weighted by Crippen LogP contribution is 2.37. The molecule has 0 saturated carbocycles. The Kier molecular flexibility index (Phi) is 10.3. The van der Waals surface area contributed by atoms with Crippen LogP contribution in [0, 0.1) is 5.82 Å². The van der Waals surface area contributed by atoms with Crippen molar-refractivity contribution in [1.29, 1.82) is 0 Å². The van der Waals surface area contributed by atoms with E-state index in [1.807, 2.05) is 42.9 Å². The fraction of sp³-hybridized carbons (Fsp3) is 0.467. The van der Waals surface area contributed by atoms with Crippen LogP contribution in [-0.2, 0) is 14.3 Å². The molecule has 4 rings (SSSR count). The lowest BCUT2D eigenvalue weighted by Gasteiger charge is -2.39. The summed E-state index contributed by atoms with van der Waals surface area (Å²) in [4.78, 5) is 39.1. The van der Waals surface area contributed by atoms with Crippen LogP contribution in [0.1, 0.15) is 27.7 Å². The quantitative estimate of drug-likeness (QED) is 0.197. The van der Waals surface area contributed by atoms with Gasteiger partial charge in [-0.15, -0.1) is 0 Å². The van der Waals surface area contributed by atoms with Crippen LogP contribution in [0.3, 0.4) is 0 Å². The number of carbonyl (C=O) groups excluding carboxylic acids is 2. The molecule has 2 aliphatic heterocycles. The van der Waals surface area contributed by atoms with Crippen LogP contribution >= 0.6 is 0 Å². The first-order chi connectivity index (χ1) is 20.8. The Morgan fingerprint density at radius 1 is 1.05 bits per heavy atom. The zero-order valence-corrected chi connectivity index (χ0v) is 25.3. The molecule has 14 heteroatoms. The predicted octanol–water partition coefficient (Wildman–Crippen LogP) is 4.11. The number of amides is 2. The Balaban J connectivity index is 1.74. The van der Waals surface area contributed by atoms with Crippen molar-refractivity contribution in [2.75, 3.05) is 54.9 Å². The van der Waals surface area contributed by atoms with Crippen molar-refractivity contribution in [2.45, 2.75) is 52.1 Å². The number of hydrogen-bond acceptors (Lipinski definition) is 8. The molecule has 3 atom stereocenters. The number of benzene rings is 1. The number of aromatic nitrogens is 2. The normalized spacial score (nSPS) is 22.2. The number of carbonyl (C=O) groups is 2. The molecule has 0 aliphatic carbocycles. The minimum absolute atomic E-state index is 0.0171. The molecule has 2 fully saturated rings. The average molecular weight is 620 g/mol. The second-order valence-electron chi connectivity index (χ2n) is 11.1. The number of morpholine rings is 1. The molecule has 1 aromatic heterocycles. The number of allylic oxidation sites excluding steroid dienone is 1. The van der Waals surface area contributed by atoms with E-state index in [-0.39, 0.29) is 35.9 Å². The third-order valence-electron chi connectivity index (χ3n) is 7.71. The van der Waals surface area contributed by atoms with Crippen molar-refractivity contribution < 1.29 is 31.9 Å². The third-order valence-corrected chi connectivity index (χ3v) is 7.71. The summed E-state index contributed by atoms with van der Waals surface area (Å²) in [6, 6.07) is 2.72. The van der Waals surface area contributed by atoms with E-state index in [1.165, 1.54) is 24.5 Å². The lowest BCUT2D eigenvalue weighted by Crippen LogP contribution is -2.50. The van der Waals surface area contributed by atoms with E-state index in [2.05, 4.69) is 20.2 Å². The van der Waals surface area contributed by atoms with Crippen molar-refractivity contribution in [3.8, 4) is 11.1 Å². The minimum Gasteiger partial charge on any atom is -0.372 e. The van der Waals surface area contributed by atoms with Crippen molar-refractivity contribution in [2.24, 2.45) is 0 Å². The minimum atomic E-state index is -4.87. The summed E-state index contributed by atoms with van der Waals surface area (Å²) in [6.45, 7) is 9.86. The zero-order valence-electron chi connectivity index (χ0n) is 25.3. The second-order valence-corrected chi connectivity index (χ2v) is 11.1. The van der Waals surface area contributed by atoms with Gasteiger partial charge in [-0.25, -0.2) is 14.4 Å². The van der Waals surface area contributed by atoms with E-state index in [0.717, 1.165) is 13.0 Å². The van der Waals surface area contributed by atoms with Crippen LogP contribution in [0.25, 0.3) is 11.1 Å². The Labute approximate surface area is 253 Å². The first-order valence-electron chi connectivity index (χ1n) is 14.3. The van der Waals surface area contributed by atoms with Gasteiger partial charge in [0.05, 0.1) is 34.7 Å². The van der Waals surface area contributed by atoms with E-state index in [4.69, 9.17) is 4.74 Å². The summed E-state index contributed by atoms with van der Waals surface area (Å²) in [7, 11) is 1.96. The highest BCUT2D eigenvalue weighted by molar-refractivity contribution is 6.09. The first-order valence-corrected chi connectivity index (χ1v) is 14.3. The first kappa shape index (κ1) is 32.9. The molecule has 0 spiro atoms. The number of alkyl halides is 3. The average Bonchev–Trinajstić information content (AvgIpc) is 2.96. The van der Waals surface area contributed by atoms with Gasteiger partial charge in [-0.05, 0) is 46.9 Å². The van der Waals surface area contributed by atoms with Crippen molar-refractivity contribution in [3.05, 3.63) is 53.8 Å². The summed E-state index contributed by atoms with van der Waals surface area (Å²) in [5, 5.41) is 4.58. The summed E-state index contributed by atoms with van der Waals surface area (Å²) in [5.41, 5.74) is -1.27. The maximum atomic E-state index is 15.8. The Morgan fingerprint density at radius 2 is 1.70 bits per heavy atom. The summed E-state index contributed by atoms with van der Waals surface area (Å²) < 4.78 is 62.9. The lowest BCUT2D eigenvalue weighted by molar-refractivity contribution is -0.115. The van der Waals surface area contributed by atoms with Gasteiger partial charge in [-0.1, -0.05) is 6.08 Å². The maximum absolute atomic E-state index is 15.8. The van der Waals surface area contributed by atoms with Crippen molar-refractivity contribution >= 4 is 29.6 Å². The zero-order chi connectivity index (χ0) is 32.2. The van der Waals surface area contributed by atoms with Gasteiger partial charge in [0.2, 0.25) is 12.4 Å². The molecular formula is C30H37F4N7O3. The SMILES string of the molecule is C/C=C(\C(=C/NC=O)C(=O)Nc1cc(-c2cnc(N3CC(C)OC(C)C3)nc2)c(F)cc1N1CCN(C)C(C)C1)C(F)(F)F. The molecule has 238 valence electrons. The largest absolute Gasteiger partial charge is 0.416 e. The Bertz CT molecular complexity index is 1400. The Hall–Kier alpha value is -4.04. The van der Waals surface area contributed by atoms with E-state index >= 15 is 4.39 Å². The molecular weight excluding hydrogens is 582 g/mol. The molecule has 2 N–H and O–H groups in total. The number of ether oxygens (including phenoxy) is 1. The highest BCUT2D eigenvalue weighted by atomic mass is 19.4. The van der Waals surface area contributed by atoms with Gasteiger partial charge in [-0.3, -0.25) is 9.59 Å². The predicted molar refractivity (Wildman–Crippen MR) is 160 cm³/mol. The van der Waals surface area contributed by atoms with Crippen LogP contribution in [0.2, 0.25) is 0 Å². The van der Waals surface area contributed by atoms with Crippen LogP contribution in [0.4, 0.5) is 34.9 Å². The van der Waals surface area contributed by atoms with Gasteiger partial charge >= 0.3 is 6.18 Å². The highest BCUT2D eigenvalue weighted by Gasteiger charge is 2.38. The van der Waals surface area contributed by atoms with E-state index < -0.39 is 29.0 Å². The molecule has 1 aromatic carbocycles. The van der Waals surface area contributed by atoms with Gasteiger partial charge in [-0.2, -0.15) is 13.2 Å². The van der Waals surface area contributed by atoms with E-state index in [1.54, 1.807) is 0 Å². The maximum Gasteiger partial charge on any atom is 0.416 e. The summed E-state index contributed by atoms with van der Waals surface area (Å²) in [6.07, 6.45) is -0.384. The topological polar surface area (TPSA) is 103 Å². The standard InChI is InChI=1S/C30H37F4N7O3/c1-6-24(30(32,33)34)23(13-35-17-42)28(43)38-26-9-22(25(31)10-27(26)40-8-7-39(5)18(2)14-40)21-11-36-29(37-12-21)41-15-19(3)44-20(4)16-41/h6,9-13,17-20H,7-8,14-16H2,1-5H3,(H,35,42)(H,38,43)/b23-13+,24-6+. The number of rotatable bonds is 8. The third kappa shape index (κ3) is 7.53. The second kappa shape index (κ2) is 13.7. The summed E-state index contributed by atoms with van der Waals surface area (Å²) in [5.74, 6) is -1.29. The molecule has 2 aliphatic rings. The molecule has 2 amide bonds. The molecule has 10 nitrogen and oxygen atoms in total. The Morgan fingerprint density at radius 3 is 2.27 bits per heavy atom. The van der Waals surface area contributed by atoms with Crippen LogP contribution in [-0.4, -0.2) is 91.4 Å². The number of halogens is 4. The van der Waals surface area contributed by atoms with E-state index in [9.17, 15) is 22.8 Å². The van der Waals surface area contributed by atoms with Crippen molar-refractivity contribution in [3.63, 3.8) is 0 Å². The molecule has 2 aromatic rings. The number of anilines is 3. The van der Waals surface area contributed by atoms with Crippen LogP contribution in [0.15, 0.2) is 47.9 Å². The summed E-state index contributed by atoms with van der Waals surface area (Å²) >= 11 is 0. The van der Waals surface area contributed by atoms with Gasteiger partial charge in [0.15, 0.2) is 0 Å². The lowest BCUT2D eigenvalue weighted by atomic mass is 10.0. The fourth-order valence-corrected chi connectivity index (χ4v) is 5.42. The monoisotopic (exact) mass is 619 g/mol. The number of likely N-dealkylation sites (N-methyl/N-ethyl adjacent to an activating group) is 1.